The van der Waals surface area contributed by atoms with Crippen molar-refractivity contribution in [3.63, 3.8) is 0 Å². The Morgan fingerprint density at radius 3 is 2.75 bits per heavy atom. The van der Waals surface area contributed by atoms with E-state index in [0.717, 1.165) is 6.07 Å². The molecule has 1 fully saturated rings. The number of ether oxygens (including phenoxy) is 1. The molecule has 106 valence electrons. The minimum absolute atomic E-state index is 0.166. The second kappa shape index (κ2) is 5.16. The van der Waals surface area contributed by atoms with Crippen LogP contribution in [0.1, 0.15) is 16.8 Å². The first-order valence-electron chi connectivity index (χ1n) is 5.84. The molecule has 1 aliphatic heterocycles. The molecule has 0 aliphatic carbocycles. The molecule has 0 radical (unpaired) electrons. The number of carboxylic acids is 1. The predicted octanol–water partition coefficient (Wildman–Crippen LogP) is 0.903. The summed E-state index contributed by atoms with van der Waals surface area (Å²) in [4.78, 5) is 34.4. The highest BCUT2D eigenvalue weighted by Gasteiger charge is 2.33. The molecule has 8 heteroatoms. The van der Waals surface area contributed by atoms with Gasteiger partial charge in [0.15, 0.2) is 11.7 Å². The lowest BCUT2D eigenvalue weighted by atomic mass is 10.1. The van der Waals surface area contributed by atoms with Gasteiger partial charge in [0, 0.05) is 26.1 Å². The van der Waals surface area contributed by atoms with Gasteiger partial charge in [-0.2, -0.15) is 0 Å². The topological polar surface area (TPSA) is 110 Å². The monoisotopic (exact) mass is 280 g/mol. The molecular weight excluding hydrogens is 268 g/mol. The number of aromatic carboxylic acids is 1. The number of rotatable bonds is 4. The molecule has 1 aromatic rings. The fourth-order valence-corrected chi connectivity index (χ4v) is 2.04. The minimum atomic E-state index is -1.47. The maximum Gasteiger partial charge on any atom is 0.346 e. The lowest BCUT2D eigenvalue weighted by Crippen LogP contribution is -2.29. The largest absolute Gasteiger partial charge is 0.479 e. The number of carbonyl (C=O) groups excluding carboxylic acids is 1. The van der Waals surface area contributed by atoms with Crippen LogP contribution in [0.5, 0.6) is 5.75 Å². The molecule has 1 aliphatic rings. The third-order valence-electron chi connectivity index (χ3n) is 3.06. The molecule has 2 rings (SSSR count). The minimum Gasteiger partial charge on any atom is -0.479 e. The summed E-state index contributed by atoms with van der Waals surface area (Å²) in [6.45, 7) is 0.501. The molecule has 20 heavy (non-hydrogen) atoms. The van der Waals surface area contributed by atoms with Crippen molar-refractivity contribution in [3.8, 4) is 5.75 Å². The number of likely N-dealkylation sites (tertiary alicyclic amines) is 1. The number of likely N-dealkylation sites (N-methyl/N-ethyl adjacent to an activating group) is 1. The highest BCUT2D eigenvalue weighted by Crippen LogP contribution is 2.30. The zero-order valence-corrected chi connectivity index (χ0v) is 10.6. The fourth-order valence-electron chi connectivity index (χ4n) is 2.04. The number of nitrogens with zero attached hydrogens (tertiary/aromatic N) is 2. The number of carbonyl (C=O) groups is 2. The van der Waals surface area contributed by atoms with Crippen LogP contribution in [-0.4, -0.2) is 46.5 Å². The summed E-state index contributed by atoms with van der Waals surface area (Å²) < 4.78 is 5.36. The summed E-state index contributed by atoms with van der Waals surface area (Å²) in [5, 5.41) is 20.0. The Labute approximate surface area is 113 Å². The number of carboxylic acid groups (broad SMARTS) is 1. The molecule has 0 bridgehead atoms. The molecule has 8 nitrogen and oxygen atoms in total. The summed E-state index contributed by atoms with van der Waals surface area (Å²) in [5.74, 6) is -1.90. The molecule has 0 aromatic heterocycles. The van der Waals surface area contributed by atoms with E-state index in [1.807, 2.05) is 0 Å². The zero-order valence-electron chi connectivity index (χ0n) is 10.6. The van der Waals surface area contributed by atoms with Crippen LogP contribution in [0.25, 0.3) is 0 Å². The number of nitro groups is 1. The van der Waals surface area contributed by atoms with E-state index >= 15 is 0 Å². The molecule has 1 aromatic carbocycles. The standard InChI is InChI=1S/C12H12N2O6/c1-13-6-5-9(11(13)15)20-8-4-2-3-7(14(18)19)10(8)12(16)17/h2-4,9H,5-6H2,1H3,(H,16,17). The molecule has 1 unspecified atom stereocenters. The SMILES string of the molecule is CN1CCC(Oc2cccc([N+](=O)[O-])c2C(=O)O)C1=O. The van der Waals surface area contributed by atoms with Crippen molar-refractivity contribution in [1.29, 1.82) is 0 Å². The zero-order chi connectivity index (χ0) is 14.9. The summed E-state index contributed by atoms with van der Waals surface area (Å²) in [7, 11) is 1.61. The van der Waals surface area contributed by atoms with E-state index in [0.29, 0.717) is 13.0 Å². The lowest BCUT2D eigenvalue weighted by molar-refractivity contribution is -0.385. The Hall–Kier alpha value is -2.64. The van der Waals surface area contributed by atoms with E-state index in [2.05, 4.69) is 0 Å². The van der Waals surface area contributed by atoms with Crippen LogP contribution >= 0.6 is 0 Å². The van der Waals surface area contributed by atoms with E-state index < -0.39 is 28.2 Å². The third-order valence-corrected chi connectivity index (χ3v) is 3.06. The number of nitro benzene ring substituents is 1. The second-order valence-electron chi connectivity index (χ2n) is 4.37. The average molecular weight is 280 g/mol. The Kier molecular flexibility index (Phi) is 3.55. The third kappa shape index (κ3) is 2.40. The van der Waals surface area contributed by atoms with Crippen molar-refractivity contribution in [3.05, 3.63) is 33.9 Å². The summed E-state index contributed by atoms with van der Waals surface area (Å²) >= 11 is 0. The van der Waals surface area contributed by atoms with Crippen LogP contribution in [0.4, 0.5) is 5.69 Å². The van der Waals surface area contributed by atoms with E-state index in [9.17, 15) is 19.7 Å². The second-order valence-corrected chi connectivity index (χ2v) is 4.37. The fraction of sp³-hybridized carbons (Fsp3) is 0.333. The van der Waals surface area contributed by atoms with E-state index in [4.69, 9.17) is 9.84 Å². The lowest BCUT2D eigenvalue weighted by Gasteiger charge is -2.14. The smallest absolute Gasteiger partial charge is 0.346 e. The van der Waals surface area contributed by atoms with Gasteiger partial charge in [0.05, 0.1) is 4.92 Å². The maximum atomic E-state index is 11.7. The number of benzene rings is 1. The van der Waals surface area contributed by atoms with Crippen molar-refractivity contribution in [2.45, 2.75) is 12.5 Å². The van der Waals surface area contributed by atoms with Gasteiger partial charge in [0.25, 0.3) is 11.6 Å². The highest BCUT2D eigenvalue weighted by atomic mass is 16.6. The first-order valence-corrected chi connectivity index (χ1v) is 5.84. The van der Waals surface area contributed by atoms with Gasteiger partial charge in [-0.1, -0.05) is 6.07 Å². The van der Waals surface area contributed by atoms with E-state index in [1.54, 1.807) is 7.05 Å². The molecule has 0 spiro atoms. The normalized spacial score (nSPS) is 18.1. The van der Waals surface area contributed by atoms with Crippen LogP contribution in [0.15, 0.2) is 18.2 Å². The summed E-state index contributed by atoms with van der Waals surface area (Å²) in [6.07, 6.45) is -0.392. The van der Waals surface area contributed by atoms with Gasteiger partial charge in [0.1, 0.15) is 5.75 Å². The van der Waals surface area contributed by atoms with Crippen LogP contribution in [-0.2, 0) is 4.79 Å². The number of hydrogen-bond donors (Lipinski definition) is 1. The molecule has 1 atom stereocenters. The van der Waals surface area contributed by atoms with Gasteiger partial charge in [-0.15, -0.1) is 0 Å². The summed E-state index contributed by atoms with van der Waals surface area (Å²) in [6, 6.07) is 3.71. The Balaban J connectivity index is 2.37. The van der Waals surface area contributed by atoms with Crippen LogP contribution < -0.4 is 4.74 Å². The van der Waals surface area contributed by atoms with Crippen molar-refractivity contribution in [1.82, 2.24) is 4.90 Å². The molecule has 1 saturated heterocycles. The van der Waals surface area contributed by atoms with Crippen molar-refractivity contribution in [2.75, 3.05) is 13.6 Å². The first kappa shape index (κ1) is 13.8. The first-order chi connectivity index (χ1) is 9.41. The van der Waals surface area contributed by atoms with Gasteiger partial charge in [-0.3, -0.25) is 14.9 Å². The van der Waals surface area contributed by atoms with Gasteiger partial charge >= 0.3 is 5.97 Å². The van der Waals surface area contributed by atoms with Gasteiger partial charge in [-0.25, -0.2) is 4.79 Å². The van der Waals surface area contributed by atoms with Crippen LogP contribution in [0.2, 0.25) is 0 Å². The van der Waals surface area contributed by atoms with Gasteiger partial charge in [-0.05, 0) is 6.07 Å². The van der Waals surface area contributed by atoms with Crippen molar-refractivity contribution in [2.24, 2.45) is 0 Å². The quantitative estimate of drug-likeness (QED) is 0.648. The molecule has 1 amide bonds. The van der Waals surface area contributed by atoms with Crippen molar-refractivity contribution < 1.29 is 24.4 Å². The maximum absolute atomic E-state index is 11.7. The van der Waals surface area contributed by atoms with E-state index in [1.165, 1.54) is 17.0 Å². The molecule has 1 heterocycles. The summed E-state index contributed by atoms with van der Waals surface area (Å²) in [5.41, 5.74) is -1.10. The predicted molar refractivity (Wildman–Crippen MR) is 66.7 cm³/mol. The van der Waals surface area contributed by atoms with E-state index in [-0.39, 0.29) is 11.7 Å². The molecule has 0 saturated carbocycles. The average Bonchev–Trinajstić information content (AvgIpc) is 2.70. The Morgan fingerprint density at radius 1 is 1.55 bits per heavy atom. The van der Waals surface area contributed by atoms with Crippen molar-refractivity contribution >= 4 is 17.6 Å². The number of amides is 1. The molecule has 1 N–H and O–H groups in total. The highest BCUT2D eigenvalue weighted by molar-refractivity contribution is 5.95. The molecular formula is C12H12N2O6. The van der Waals surface area contributed by atoms with Crippen LogP contribution in [0, 0.1) is 10.1 Å². The Bertz CT molecular complexity index is 585. The van der Waals surface area contributed by atoms with Gasteiger partial charge < -0.3 is 14.7 Å². The van der Waals surface area contributed by atoms with Crippen LogP contribution in [0.3, 0.4) is 0 Å². The van der Waals surface area contributed by atoms with Gasteiger partial charge in [0.2, 0.25) is 0 Å². The Morgan fingerprint density at radius 2 is 2.25 bits per heavy atom. The number of hydrogen-bond acceptors (Lipinski definition) is 5.